The lowest BCUT2D eigenvalue weighted by atomic mass is 9.96. The Balaban J connectivity index is 0.000000146. The third kappa shape index (κ3) is 4.11. The summed E-state index contributed by atoms with van der Waals surface area (Å²) in [6.07, 6.45) is 8.34. The first-order chi connectivity index (χ1) is 12.1. The van der Waals surface area contributed by atoms with Gasteiger partial charge in [0.2, 0.25) is 10.6 Å². The van der Waals surface area contributed by atoms with Gasteiger partial charge in [0.25, 0.3) is 0 Å². The number of hydrogen-bond donors (Lipinski definition) is 1. The molecule has 0 saturated heterocycles. The van der Waals surface area contributed by atoms with Crippen LogP contribution in [-0.4, -0.2) is 36.6 Å². The third-order valence-electron chi connectivity index (χ3n) is 4.04. The molecule has 0 aromatic carbocycles. The first-order valence-corrected chi connectivity index (χ1v) is 8.61. The normalized spacial score (nSPS) is 17.4. The molecule has 4 rings (SSSR count). The molecule has 2 aromatic heterocycles. The maximum atomic E-state index is 11.3. The minimum atomic E-state index is 0.0838. The number of hydrogen-bond acceptors (Lipinski definition) is 7. The predicted molar refractivity (Wildman–Crippen MR) is 92.6 cm³/mol. The third-order valence-corrected chi connectivity index (χ3v) is 4.40. The lowest BCUT2D eigenvalue weighted by molar-refractivity contribution is 0.0967. The van der Waals surface area contributed by atoms with Gasteiger partial charge in [0.05, 0.1) is 5.69 Å². The summed E-state index contributed by atoms with van der Waals surface area (Å²) in [5.41, 5.74) is 3.74. The summed E-state index contributed by atoms with van der Waals surface area (Å²) in [6.45, 7) is 0. The molecule has 9 heteroatoms. The van der Waals surface area contributed by atoms with Crippen molar-refractivity contribution in [3.63, 3.8) is 0 Å². The Kier molecular flexibility index (Phi) is 5.55. The molecule has 0 spiro atoms. The van der Waals surface area contributed by atoms with Crippen LogP contribution in [0.1, 0.15) is 53.0 Å². The van der Waals surface area contributed by atoms with Gasteiger partial charge < -0.3 is 5.21 Å². The number of aromatic nitrogens is 4. The topological polar surface area (TPSA) is 101 Å². The van der Waals surface area contributed by atoms with Gasteiger partial charge in [0, 0.05) is 18.8 Å². The van der Waals surface area contributed by atoms with E-state index < -0.39 is 0 Å². The van der Waals surface area contributed by atoms with Crippen LogP contribution >= 0.6 is 23.2 Å². The summed E-state index contributed by atoms with van der Waals surface area (Å²) in [6, 6.07) is 0. The zero-order valence-corrected chi connectivity index (χ0v) is 14.8. The molecule has 25 heavy (non-hydrogen) atoms. The number of Topliss-reactive ketones (excluding diaryl/α,β-unsaturated/α-hetero) is 1. The molecular formula is C16H15Cl2N5O2. The standard InChI is InChI=1S/C8H8ClN3O.C8H7ClN2O/c9-8-10-4-5-2-1-3-6(12-13)7(5)11-8;9-8-10-4-5-2-1-3-6(12)7(5)11-8/h4,13H,1-3H2;4H,1-3H2/b12-6+;. The highest BCUT2D eigenvalue weighted by atomic mass is 35.5. The molecular weight excluding hydrogens is 365 g/mol. The minimum Gasteiger partial charge on any atom is -0.411 e. The molecule has 1 N–H and O–H groups in total. The molecule has 0 fully saturated rings. The Morgan fingerprint density at radius 2 is 1.44 bits per heavy atom. The minimum absolute atomic E-state index is 0.0838. The highest BCUT2D eigenvalue weighted by Gasteiger charge is 2.19. The van der Waals surface area contributed by atoms with Crippen LogP contribution in [0.5, 0.6) is 0 Å². The molecule has 0 amide bonds. The van der Waals surface area contributed by atoms with Gasteiger partial charge in [-0.05, 0) is 66.4 Å². The van der Waals surface area contributed by atoms with E-state index >= 15 is 0 Å². The van der Waals surface area contributed by atoms with Crippen molar-refractivity contribution in [2.24, 2.45) is 5.16 Å². The fourth-order valence-corrected chi connectivity index (χ4v) is 3.11. The second kappa shape index (κ2) is 7.84. The second-order valence-electron chi connectivity index (χ2n) is 5.70. The van der Waals surface area contributed by atoms with Crippen LogP contribution in [0.2, 0.25) is 10.6 Å². The lowest BCUT2D eigenvalue weighted by Crippen LogP contribution is -2.14. The predicted octanol–water partition coefficient (Wildman–Crippen LogP) is 3.29. The maximum absolute atomic E-state index is 11.3. The van der Waals surface area contributed by atoms with Crippen molar-refractivity contribution in [2.45, 2.75) is 38.5 Å². The number of carbonyl (C=O) groups is 1. The van der Waals surface area contributed by atoms with Crippen LogP contribution in [0.4, 0.5) is 0 Å². The van der Waals surface area contributed by atoms with Crippen LogP contribution in [0.3, 0.4) is 0 Å². The summed E-state index contributed by atoms with van der Waals surface area (Å²) in [7, 11) is 0. The lowest BCUT2D eigenvalue weighted by Gasteiger charge is -2.14. The van der Waals surface area contributed by atoms with Crippen molar-refractivity contribution in [2.75, 3.05) is 0 Å². The molecule has 2 aliphatic carbocycles. The fourth-order valence-electron chi connectivity index (χ4n) is 2.85. The van der Waals surface area contributed by atoms with E-state index in [2.05, 4.69) is 25.1 Å². The number of oxime groups is 1. The Morgan fingerprint density at radius 1 is 0.880 bits per heavy atom. The molecule has 0 radical (unpaired) electrons. The number of carbonyl (C=O) groups excluding carboxylic acids is 1. The molecule has 2 aromatic rings. The van der Waals surface area contributed by atoms with Gasteiger partial charge in [0.1, 0.15) is 11.4 Å². The average molecular weight is 380 g/mol. The van der Waals surface area contributed by atoms with E-state index in [0.717, 1.165) is 43.2 Å². The number of aryl methyl sites for hydroxylation is 2. The Morgan fingerprint density at radius 3 is 2.08 bits per heavy atom. The van der Waals surface area contributed by atoms with Crippen LogP contribution in [-0.2, 0) is 12.8 Å². The molecule has 0 saturated carbocycles. The van der Waals surface area contributed by atoms with Gasteiger partial charge in [-0.1, -0.05) is 5.16 Å². The van der Waals surface area contributed by atoms with Gasteiger partial charge in [-0.15, -0.1) is 0 Å². The van der Waals surface area contributed by atoms with Crippen LogP contribution < -0.4 is 0 Å². The SMILES string of the molecule is O/N=C1\CCCc2cnc(Cl)nc21.O=C1CCCc2cnc(Cl)nc21. The molecule has 0 atom stereocenters. The Labute approximate surface area is 154 Å². The summed E-state index contributed by atoms with van der Waals surface area (Å²) < 4.78 is 0. The number of fused-ring (bicyclic) bond motifs is 2. The smallest absolute Gasteiger partial charge is 0.223 e. The first-order valence-electron chi connectivity index (χ1n) is 7.86. The van der Waals surface area contributed by atoms with E-state index in [1.165, 1.54) is 0 Å². The van der Waals surface area contributed by atoms with Gasteiger partial charge in [-0.3, -0.25) is 4.79 Å². The molecule has 2 heterocycles. The van der Waals surface area contributed by atoms with E-state index in [0.29, 0.717) is 23.5 Å². The Hall–Kier alpha value is -2.12. The number of ketones is 1. The van der Waals surface area contributed by atoms with Gasteiger partial charge in [-0.2, -0.15) is 0 Å². The highest BCUT2D eigenvalue weighted by Crippen LogP contribution is 2.20. The zero-order valence-electron chi connectivity index (χ0n) is 13.2. The molecule has 130 valence electrons. The van der Waals surface area contributed by atoms with Gasteiger partial charge in [0.15, 0.2) is 5.78 Å². The number of rotatable bonds is 0. The fraction of sp³-hybridized carbons (Fsp3) is 0.375. The maximum Gasteiger partial charge on any atom is 0.223 e. The molecule has 2 aliphatic rings. The molecule has 7 nitrogen and oxygen atoms in total. The van der Waals surface area contributed by atoms with E-state index in [1.54, 1.807) is 12.4 Å². The van der Waals surface area contributed by atoms with Crippen molar-refractivity contribution in [1.29, 1.82) is 0 Å². The summed E-state index contributed by atoms with van der Waals surface area (Å²) in [5.74, 6) is 0.0838. The Bertz CT molecular complexity index is 841. The second-order valence-corrected chi connectivity index (χ2v) is 6.38. The van der Waals surface area contributed by atoms with E-state index in [4.69, 9.17) is 28.4 Å². The van der Waals surface area contributed by atoms with E-state index in [9.17, 15) is 4.79 Å². The molecule has 0 bridgehead atoms. The van der Waals surface area contributed by atoms with Crippen molar-refractivity contribution >= 4 is 34.7 Å². The zero-order chi connectivity index (χ0) is 17.8. The summed E-state index contributed by atoms with van der Waals surface area (Å²) in [4.78, 5) is 26.9. The van der Waals surface area contributed by atoms with Gasteiger partial charge in [-0.25, -0.2) is 19.9 Å². The van der Waals surface area contributed by atoms with E-state index in [-0.39, 0.29) is 16.4 Å². The van der Waals surface area contributed by atoms with Crippen molar-refractivity contribution in [1.82, 2.24) is 19.9 Å². The monoisotopic (exact) mass is 379 g/mol. The first kappa shape index (κ1) is 17.7. The number of nitrogens with zero attached hydrogens (tertiary/aromatic N) is 5. The highest BCUT2D eigenvalue weighted by molar-refractivity contribution is 6.28. The molecule has 0 aliphatic heterocycles. The van der Waals surface area contributed by atoms with Gasteiger partial charge >= 0.3 is 0 Å². The number of halogens is 2. The summed E-state index contributed by atoms with van der Waals surface area (Å²) in [5, 5.41) is 12.3. The van der Waals surface area contributed by atoms with Crippen LogP contribution in [0, 0.1) is 0 Å². The van der Waals surface area contributed by atoms with Crippen molar-refractivity contribution in [3.8, 4) is 0 Å². The van der Waals surface area contributed by atoms with Crippen molar-refractivity contribution in [3.05, 3.63) is 45.5 Å². The van der Waals surface area contributed by atoms with Crippen LogP contribution in [0.25, 0.3) is 0 Å². The summed E-state index contributed by atoms with van der Waals surface area (Å²) >= 11 is 11.2. The van der Waals surface area contributed by atoms with Crippen LogP contribution in [0.15, 0.2) is 17.5 Å². The average Bonchev–Trinajstić information content (AvgIpc) is 2.62. The molecule has 0 unspecified atom stereocenters. The van der Waals surface area contributed by atoms with Crippen molar-refractivity contribution < 1.29 is 10.0 Å². The quantitative estimate of drug-likeness (QED) is 0.428. The van der Waals surface area contributed by atoms with E-state index in [1.807, 2.05) is 0 Å². The largest absolute Gasteiger partial charge is 0.411 e.